The van der Waals surface area contributed by atoms with E-state index in [0.717, 1.165) is 143 Å². The Morgan fingerprint density at radius 2 is 0.847 bits per heavy atom. The fourth-order valence-corrected chi connectivity index (χ4v) is 18.0. The molecule has 18 rings (SSSR count). The molecule has 596 valence electrons. The van der Waals surface area contributed by atoms with Crippen molar-refractivity contribution in [2.45, 2.75) is 73.4 Å². The van der Waals surface area contributed by atoms with Gasteiger partial charge in [0, 0.05) is 202 Å². The van der Waals surface area contributed by atoms with Crippen LogP contribution in [0.25, 0.3) is 32.6 Å². The van der Waals surface area contributed by atoms with E-state index in [0.29, 0.717) is 97.8 Å². The number of aromatic nitrogens is 2. The van der Waals surface area contributed by atoms with Gasteiger partial charge in [0.25, 0.3) is 23.6 Å². The van der Waals surface area contributed by atoms with Gasteiger partial charge in [-0.05, 0) is 134 Å². The van der Waals surface area contributed by atoms with Crippen molar-refractivity contribution in [3.8, 4) is 34.5 Å². The number of anilines is 5. The lowest BCUT2D eigenvalue weighted by molar-refractivity contribution is -0.131. The second-order valence-electron chi connectivity index (χ2n) is 29.6. The Kier molecular flexibility index (Phi) is 20.9. The van der Waals surface area contributed by atoms with E-state index in [1.807, 2.05) is 127 Å². The zero-order valence-electron chi connectivity index (χ0n) is 67.7. The van der Waals surface area contributed by atoms with E-state index < -0.39 is 17.0 Å². The minimum atomic E-state index is -1.16. The number of hydrogen-bond acceptors (Lipinski definition) is 19. The molecule has 118 heavy (non-hydrogen) atoms. The van der Waals surface area contributed by atoms with Crippen LogP contribution in [0.4, 0.5) is 28.4 Å². The fraction of sp³-hybridized carbons (Fsp3) is 0.260. The van der Waals surface area contributed by atoms with Gasteiger partial charge in [-0.3, -0.25) is 28.9 Å². The van der Waals surface area contributed by atoms with E-state index in [1.165, 1.54) is 11.8 Å². The van der Waals surface area contributed by atoms with Gasteiger partial charge in [0.15, 0.2) is 5.75 Å². The number of fused-ring (bicyclic) bond motifs is 14. The number of carbonyl (C=O) groups is 5. The molecule has 12 aromatic rings. The number of rotatable bonds is 22. The van der Waals surface area contributed by atoms with Crippen molar-refractivity contribution in [3.05, 3.63) is 279 Å². The molecule has 1 fully saturated rings. The topological polar surface area (TPSA) is 208 Å². The van der Waals surface area contributed by atoms with Crippen LogP contribution in [-0.4, -0.2) is 159 Å². The maximum absolute atomic E-state index is 14.9. The summed E-state index contributed by atoms with van der Waals surface area (Å²) in [5, 5.41) is 16.4. The molecule has 8 heterocycles. The van der Waals surface area contributed by atoms with Gasteiger partial charge in [-0.2, -0.15) is 10.2 Å². The van der Waals surface area contributed by atoms with Gasteiger partial charge in [-0.25, -0.2) is 20.0 Å². The number of morpholine rings is 1. The minimum Gasteiger partial charge on any atom is -0.489 e. The highest BCUT2D eigenvalue weighted by Gasteiger charge is 2.59. The Labute approximate surface area is 685 Å². The third-order valence-corrected chi connectivity index (χ3v) is 23.7. The van der Waals surface area contributed by atoms with Crippen LogP contribution in [0.2, 0.25) is 0 Å². The first kappa shape index (κ1) is 77.1. The van der Waals surface area contributed by atoms with Crippen molar-refractivity contribution in [1.82, 2.24) is 24.9 Å². The standard InChI is InChI=1S/C56H53N7O6.C40H39N5O4/c1-5-59(6-2)38-21-24-45-49(33-38)69-50-34-39(60(7-3)8-4)22-25-46(50)56(45)44-17-10-9-14-40(44)55(66)63(56)57-35-37-20-19-36-13-11-18-48(52(36)58-37)68-32-29-62-53(64)42-16-12-15-41-47(61-27-30-67-31-28-61)26-23-43(51(41)42)54(62)65;1-6-43(7-2)29-19-21-33-36(23-29)49-37-24-30(44(8-3)9-4)20-22-34(37)40(33)32-15-11-10-14-31(32)39(47)45(40)41-25-28-18-17-27-13-12-16-35(38(27)42-28)48-26(5)46/h9-26,33-35H,5-8,27-32H2,1-4H3;10-25H,6-9H2,1-5H3/b57-35+;41-25+. The van der Waals surface area contributed by atoms with Crippen molar-refractivity contribution < 1.29 is 47.7 Å². The van der Waals surface area contributed by atoms with Gasteiger partial charge < -0.3 is 48.2 Å². The number of esters is 1. The third-order valence-electron chi connectivity index (χ3n) is 23.7. The molecule has 0 bridgehead atoms. The summed E-state index contributed by atoms with van der Waals surface area (Å²) >= 11 is 0. The number of benzene rings is 10. The number of ether oxygens (including phenoxy) is 5. The average molecular weight is 1570 g/mol. The van der Waals surface area contributed by atoms with Crippen molar-refractivity contribution in [3.63, 3.8) is 0 Å². The SMILES string of the molecule is CCN(CC)c1ccc2c(c1)Oc1cc(N(CC)CC)ccc1C21c2ccccc2C(=O)N1/N=C/c1ccc2cccc(OC(C)=O)c2n1.CCN(CC)c1ccc2c(c1)Oc1cc(N(CC)CC)ccc1C21c2ccccc2C(=O)N1/N=C/c1ccc2cccc(OCCN3C(=O)c4cccc5c(N6CCOCC6)ccc(c45)C3=O)c2n1. The molecule has 0 aliphatic carbocycles. The van der Waals surface area contributed by atoms with Crippen molar-refractivity contribution in [1.29, 1.82) is 0 Å². The molecule has 6 aliphatic heterocycles. The molecule has 22 nitrogen and oxygen atoms in total. The fourth-order valence-electron chi connectivity index (χ4n) is 18.0. The van der Waals surface area contributed by atoms with Crippen LogP contribution < -0.4 is 43.4 Å². The van der Waals surface area contributed by atoms with Crippen LogP contribution >= 0.6 is 0 Å². The number of nitrogens with zero attached hydrogens (tertiary/aromatic N) is 12. The largest absolute Gasteiger partial charge is 0.489 e. The van der Waals surface area contributed by atoms with Crippen molar-refractivity contribution >= 4 is 103 Å². The predicted octanol–water partition coefficient (Wildman–Crippen LogP) is 17.2. The number of amides is 4. The zero-order chi connectivity index (χ0) is 81.7. The molecule has 10 aromatic carbocycles. The quantitative estimate of drug-likeness (QED) is 0.0267. The summed E-state index contributed by atoms with van der Waals surface area (Å²) in [5.41, 5.74) is 12.0. The summed E-state index contributed by atoms with van der Waals surface area (Å²) in [6, 6.07) is 68.5. The molecule has 2 aromatic heterocycles. The van der Waals surface area contributed by atoms with Crippen LogP contribution in [0.5, 0.6) is 34.5 Å². The maximum Gasteiger partial charge on any atom is 0.308 e. The number of pyridine rings is 2. The van der Waals surface area contributed by atoms with E-state index in [2.05, 4.69) is 153 Å². The average Bonchev–Trinajstić information content (AvgIpc) is 1.51. The van der Waals surface area contributed by atoms with Gasteiger partial charge in [0.2, 0.25) is 0 Å². The Morgan fingerprint density at radius 1 is 0.441 bits per heavy atom. The maximum atomic E-state index is 14.9. The summed E-state index contributed by atoms with van der Waals surface area (Å²) in [4.78, 5) is 91.6. The molecule has 22 heteroatoms. The summed E-state index contributed by atoms with van der Waals surface area (Å²) < 4.78 is 31.0. The normalized spacial score (nSPS) is 15.1. The Bertz CT molecular complexity index is 5920. The van der Waals surface area contributed by atoms with Gasteiger partial charge in [-0.1, -0.05) is 109 Å². The van der Waals surface area contributed by atoms with Crippen LogP contribution in [-0.2, 0) is 20.6 Å². The van der Waals surface area contributed by atoms with E-state index in [4.69, 9.17) is 43.9 Å². The number of imide groups is 1. The van der Waals surface area contributed by atoms with Crippen LogP contribution in [0.15, 0.2) is 223 Å². The Hall–Kier alpha value is -13.5. The summed E-state index contributed by atoms with van der Waals surface area (Å²) in [6.45, 7) is 28.0. The molecule has 2 spiro atoms. The lowest BCUT2D eigenvalue weighted by Crippen LogP contribution is -2.44. The van der Waals surface area contributed by atoms with Crippen molar-refractivity contribution in [2.75, 3.05) is 116 Å². The van der Waals surface area contributed by atoms with Gasteiger partial charge >= 0.3 is 5.97 Å². The second-order valence-corrected chi connectivity index (χ2v) is 29.6. The molecule has 1 saturated heterocycles. The van der Waals surface area contributed by atoms with Gasteiger partial charge in [0.05, 0.1) is 43.6 Å². The monoisotopic (exact) mass is 1570 g/mol. The summed E-state index contributed by atoms with van der Waals surface area (Å²) in [6.07, 6.45) is 3.22. The van der Waals surface area contributed by atoms with Crippen molar-refractivity contribution in [2.24, 2.45) is 10.2 Å². The lowest BCUT2D eigenvalue weighted by Gasteiger charge is -2.42. The Morgan fingerprint density at radius 3 is 1.29 bits per heavy atom. The van der Waals surface area contributed by atoms with E-state index >= 15 is 0 Å². The zero-order valence-corrected chi connectivity index (χ0v) is 67.7. The van der Waals surface area contributed by atoms with Crippen LogP contribution in [0.3, 0.4) is 0 Å². The summed E-state index contributed by atoms with van der Waals surface area (Å²) in [5.74, 6) is 1.90. The van der Waals surface area contributed by atoms with E-state index in [-0.39, 0.29) is 36.8 Å². The molecule has 0 N–H and O–H groups in total. The summed E-state index contributed by atoms with van der Waals surface area (Å²) in [7, 11) is 0. The third kappa shape index (κ3) is 13.0. The molecule has 0 radical (unpaired) electrons. The van der Waals surface area contributed by atoms with Crippen LogP contribution in [0, 0.1) is 0 Å². The molecular formula is C96H92N12O10. The molecular weight excluding hydrogens is 1480 g/mol. The second kappa shape index (κ2) is 32.0. The minimum absolute atomic E-state index is 0.0372. The number of carbonyl (C=O) groups excluding carboxylic acids is 5. The molecule has 4 amide bonds. The Balaban J connectivity index is 0.000000179. The highest BCUT2D eigenvalue weighted by Crippen LogP contribution is 2.61. The number of hydrogen-bond donors (Lipinski definition) is 0. The molecule has 6 aliphatic rings. The van der Waals surface area contributed by atoms with E-state index in [1.54, 1.807) is 34.6 Å². The first-order valence-corrected chi connectivity index (χ1v) is 40.9. The highest BCUT2D eigenvalue weighted by atomic mass is 16.5. The first-order valence-electron chi connectivity index (χ1n) is 40.9. The highest BCUT2D eigenvalue weighted by molar-refractivity contribution is 6.27. The molecule has 0 atom stereocenters. The van der Waals surface area contributed by atoms with E-state index in [9.17, 15) is 24.0 Å². The number of hydrazone groups is 2. The lowest BCUT2D eigenvalue weighted by atomic mass is 9.75. The van der Waals surface area contributed by atoms with Gasteiger partial charge in [-0.15, -0.1) is 0 Å². The number of para-hydroxylation sites is 2. The first-order chi connectivity index (χ1) is 57.6. The molecule has 0 unspecified atom stereocenters. The smallest absolute Gasteiger partial charge is 0.308 e. The molecule has 0 saturated carbocycles. The predicted molar refractivity (Wildman–Crippen MR) is 463 cm³/mol. The van der Waals surface area contributed by atoms with Crippen LogP contribution in [0.1, 0.15) is 149 Å². The van der Waals surface area contributed by atoms with Gasteiger partial charge in [0.1, 0.15) is 57.5 Å².